The molecule has 0 fully saturated rings. The number of carbonyl (C=O) groups is 1. The minimum Gasteiger partial charge on any atom is -0.361 e. The van der Waals surface area contributed by atoms with Crippen LogP contribution in [0, 0.1) is 13.8 Å². The Morgan fingerprint density at radius 3 is 2.63 bits per heavy atom. The van der Waals surface area contributed by atoms with Crippen LogP contribution in [0.15, 0.2) is 59.1 Å². The Morgan fingerprint density at radius 2 is 1.87 bits per heavy atom. The molecule has 1 amide bonds. The molecule has 0 unspecified atom stereocenters. The Labute approximate surface area is 177 Å². The number of thiophene rings is 1. The zero-order valence-corrected chi connectivity index (χ0v) is 17.8. The number of fused-ring (bicyclic) bond motifs is 3. The molecule has 0 saturated heterocycles. The van der Waals surface area contributed by atoms with Crippen LogP contribution in [0.5, 0.6) is 0 Å². The van der Waals surface area contributed by atoms with Crippen LogP contribution in [0.4, 0.5) is 5.69 Å². The predicted molar refractivity (Wildman–Crippen MR) is 122 cm³/mol. The maximum atomic E-state index is 12.9. The van der Waals surface area contributed by atoms with Crippen LogP contribution in [0.3, 0.4) is 0 Å². The standard InChI is InChI=1S/C24H21N3O2S/c1-4-27-19-8-6-5-7-17(19)18-13-16(9-10-20(18)27)25-24(28)22-12-11-21(30-22)23-14(2)26-29-15(23)3/h5-13H,4H2,1-3H3,(H,25,28). The van der Waals surface area contributed by atoms with E-state index in [9.17, 15) is 4.79 Å². The van der Waals surface area contributed by atoms with Gasteiger partial charge in [0, 0.05) is 38.9 Å². The van der Waals surface area contributed by atoms with E-state index < -0.39 is 0 Å². The zero-order chi connectivity index (χ0) is 20.8. The normalized spacial score (nSPS) is 11.4. The summed E-state index contributed by atoms with van der Waals surface area (Å²) in [6.45, 7) is 6.84. The van der Waals surface area contributed by atoms with Crippen LogP contribution in [0.1, 0.15) is 28.0 Å². The summed E-state index contributed by atoms with van der Waals surface area (Å²) in [4.78, 5) is 14.5. The van der Waals surface area contributed by atoms with E-state index in [1.807, 2.05) is 32.0 Å². The molecule has 0 radical (unpaired) electrons. The number of hydrogen-bond donors (Lipinski definition) is 1. The van der Waals surface area contributed by atoms with Crippen LogP contribution in [-0.2, 0) is 6.54 Å². The van der Waals surface area contributed by atoms with Crippen molar-refractivity contribution in [3.8, 4) is 10.4 Å². The Hall–Kier alpha value is -3.38. The third-order valence-corrected chi connectivity index (χ3v) is 6.56. The van der Waals surface area contributed by atoms with Gasteiger partial charge >= 0.3 is 0 Å². The number of aromatic nitrogens is 2. The summed E-state index contributed by atoms with van der Waals surface area (Å²) in [5.74, 6) is 0.649. The number of amides is 1. The zero-order valence-electron chi connectivity index (χ0n) is 17.0. The molecule has 150 valence electrons. The number of hydrogen-bond acceptors (Lipinski definition) is 4. The van der Waals surface area contributed by atoms with Gasteiger partial charge in [0.15, 0.2) is 0 Å². The summed E-state index contributed by atoms with van der Waals surface area (Å²) < 4.78 is 7.55. The van der Waals surface area contributed by atoms with Crippen molar-refractivity contribution in [1.82, 2.24) is 9.72 Å². The molecule has 5 nitrogen and oxygen atoms in total. The number of nitrogens with zero attached hydrogens (tertiary/aromatic N) is 2. The SMILES string of the molecule is CCn1c2ccccc2c2cc(NC(=O)c3ccc(-c4c(C)noc4C)s3)ccc21. The average Bonchev–Trinajstić information content (AvgIpc) is 3.43. The minimum atomic E-state index is -0.114. The third-order valence-electron chi connectivity index (χ3n) is 5.46. The van der Waals surface area contributed by atoms with Crippen molar-refractivity contribution < 1.29 is 9.32 Å². The summed E-state index contributed by atoms with van der Waals surface area (Å²) in [6.07, 6.45) is 0. The summed E-state index contributed by atoms with van der Waals surface area (Å²) in [5, 5.41) is 9.40. The highest BCUT2D eigenvalue weighted by Crippen LogP contribution is 2.34. The lowest BCUT2D eigenvalue weighted by Crippen LogP contribution is -2.09. The van der Waals surface area contributed by atoms with Crippen molar-refractivity contribution in [2.75, 3.05) is 5.32 Å². The Bertz CT molecular complexity index is 1390. The van der Waals surface area contributed by atoms with Gasteiger partial charge in [0.25, 0.3) is 5.91 Å². The van der Waals surface area contributed by atoms with E-state index >= 15 is 0 Å². The van der Waals surface area contributed by atoms with Gasteiger partial charge in [-0.15, -0.1) is 11.3 Å². The largest absolute Gasteiger partial charge is 0.361 e. The fourth-order valence-electron chi connectivity index (χ4n) is 4.09. The van der Waals surface area contributed by atoms with E-state index in [1.165, 1.54) is 27.8 Å². The molecule has 0 aliphatic heterocycles. The molecule has 1 N–H and O–H groups in total. The lowest BCUT2D eigenvalue weighted by atomic mass is 10.1. The summed E-state index contributed by atoms with van der Waals surface area (Å²) in [6, 6.07) is 18.3. The van der Waals surface area contributed by atoms with Crippen LogP contribution in [0.25, 0.3) is 32.2 Å². The first-order chi connectivity index (χ1) is 14.6. The van der Waals surface area contributed by atoms with Gasteiger partial charge in [-0.1, -0.05) is 23.4 Å². The molecule has 6 heteroatoms. The van der Waals surface area contributed by atoms with Crippen molar-refractivity contribution in [2.45, 2.75) is 27.3 Å². The molecule has 30 heavy (non-hydrogen) atoms. The van der Waals surface area contributed by atoms with Crippen molar-refractivity contribution in [2.24, 2.45) is 0 Å². The number of anilines is 1. The van der Waals surface area contributed by atoms with Crippen LogP contribution in [-0.4, -0.2) is 15.6 Å². The summed E-state index contributed by atoms with van der Waals surface area (Å²) >= 11 is 1.44. The number of aryl methyl sites for hydroxylation is 3. The second-order valence-corrected chi connectivity index (χ2v) is 8.39. The van der Waals surface area contributed by atoms with Crippen molar-refractivity contribution >= 4 is 44.7 Å². The molecule has 0 aliphatic rings. The number of carbonyl (C=O) groups excluding carboxylic acids is 1. The Balaban J connectivity index is 1.47. The quantitative estimate of drug-likeness (QED) is 0.369. The lowest BCUT2D eigenvalue weighted by Gasteiger charge is -2.06. The maximum absolute atomic E-state index is 12.9. The molecule has 3 heterocycles. The number of benzene rings is 2. The molecule has 5 rings (SSSR count). The molecule has 0 aliphatic carbocycles. The van der Waals surface area contributed by atoms with Crippen LogP contribution >= 0.6 is 11.3 Å². The van der Waals surface area contributed by atoms with Gasteiger partial charge in [-0.25, -0.2) is 0 Å². The van der Waals surface area contributed by atoms with E-state index in [0.717, 1.165) is 39.5 Å². The van der Waals surface area contributed by atoms with Crippen molar-refractivity contribution in [3.63, 3.8) is 0 Å². The van der Waals surface area contributed by atoms with Crippen molar-refractivity contribution in [1.29, 1.82) is 0 Å². The first kappa shape index (κ1) is 18.6. The van der Waals surface area contributed by atoms with E-state index in [0.29, 0.717) is 4.88 Å². The number of nitrogens with one attached hydrogen (secondary N) is 1. The van der Waals surface area contributed by atoms with Gasteiger partial charge in [0.2, 0.25) is 0 Å². The first-order valence-electron chi connectivity index (χ1n) is 9.92. The minimum absolute atomic E-state index is 0.114. The number of rotatable bonds is 4. The molecule has 5 aromatic rings. The van der Waals surface area contributed by atoms with E-state index in [2.05, 4.69) is 58.4 Å². The third kappa shape index (κ3) is 2.92. The van der Waals surface area contributed by atoms with Gasteiger partial charge in [-0.05, 0) is 57.2 Å². The summed E-state index contributed by atoms with van der Waals surface area (Å²) in [7, 11) is 0. The Kier molecular flexibility index (Phi) is 4.44. The van der Waals surface area contributed by atoms with E-state index in [1.54, 1.807) is 0 Å². The molecular weight excluding hydrogens is 394 g/mol. The topological polar surface area (TPSA) is 60.1 Å². The molecule has 2 aromatic carbocycles. The lowest BCUT2D eigenvalue weighted by molar-refractivity contribution is 0.103. The first-order valence-corrected chi connectivity index (χ1v) is 10.7. The fourth-order valence-corrected chi connectivity index (χ4v) is 5.14. The van der Waals surface area contributed by atoms with Gasteiger partial charge in [-0.2, -0.15) is 0 Å². The van der Waals surface area contributed by atoms with Crippen LogP contribution in [0.2, 0.25) is 0 Å². The molecule has 0 bridgehead atoms. The second-order valence-electron chi connectivity index (χ2n) is 7.31. The number of para-hydroxylation sites is 1. The highest BCUT2D eigenvalue weighted by molar-refractivity contribution is 7.17. The van der Waals surface area contributed by atoms with Crippen molar-refractivity contribution in [3.05, 3.63) is 70.9 Å². The molecule has 3 aromatic heterocycles. The molecule has 0 saturated carbocycles. The molecule has 0 atom stereocenters. The van der Waals surface area contributed by atoms with Crippen LogP contribution < -0.4 is 5.32 Å². The Morgan fingerprint density at radius 1 is 1.07 bits per heavy atom. The highest BCUT2D eigenvalue weighted by atomic mass is 32.1. The summed E-state index contributed by atoms with van der Waals surface area (Å²) in [5.41, 5.74) is 4.97. The second kappa shape index (κ2) is 7.15. The predicted octanol–water partition coefficient (Wildman–Crippen LogP) is 6.40. The molecular formula is C24H21N3O2S. The van der Waals surface area contributed by atoms with Gasteiger partial charge < -0.3 is 14.4 Å². The molecule has 0 spiro atoms. The highest BCUT2D eigenvalue weighted by Gasteiger charge is 2.17. The maximum Gasteiger partial charge on any atom is 0.265 e. The van der Waals surface area contributed by atoms with Gasteiger partial charge in [0.1, 0.15) is 5.76 Å². The van der Waals surface area contributed by atoms with E-state index in [-0.39, 0.29) is 5.91 Å². The van der Waals surface area contributed by atoms with E-state index in [4.69, 9.17) is 4.52 Å². The average molecular weight is 416 g/mol. The van der Waals surface area contributed by atoms with Gasteiger partial charge in [-0.3, -0.25) is 4.79 Å². The smallest absolute Gasteiger partial charge is 0.265 e. The fraction of sp³-hybridized carbons (Fsp3) is 0.167. The monoisotopic (exact) mass is 415 g/mol. The van der Waals surface area contributed by atoms with Gasteiger partial charge in [0.05, 0.1) is 16.1 Å².